The van der Waals surface area contributed by atoms with Crippen LogP contribution in [0.2, 0.25) is 0 Å². The standard InChI is InChI=1S/C19H29N3O4S/c1-26-17-10-8-15(9-11-17)12-13-21-18(16-6-4-3-5-7-16)14-22(19(21)23)20-27(2,24)25/h8-11,16,18,20H,3-7,12-14H2,1-2H3. The Morgan fingerprint density at radius 1 is 1.15 bits per heavy atom. The third-order valence-corrected chi connectivity index (χ3v) is 6.07. The van der Waals surface area contributed by atoms with Gasteiger partial charge in [0.1, 0.15) is 5.75 Å². The monoisotopic (exact) mass is 395 g/mol. The summed E-state index contributed by atoms with van der Waals surface area (Å²) in [6, 6.07) is 7.65. The van der Waals surface area contributed by atoms with Crippen LogP contribution in [0, 0.1) is 5.92 Å². The predicted molar refractivity (Wildman–Crippen MR) is 104 cm³/mol. The van der Waals surface area contributed by atoms with Crippen LogP contribution in [0.4, 0.5) is 4.79 Å². The molecule has 8 heteroatoms. The summed E-state index contributed by atoms with van der Waals surface area (Å²) in [6.07, 6.45) is 7.62. The minimum atomic E-state index is -3.48. The number of methoxy groups -OCH3 is 1. The summed E-state index contributed by atoms with van der Waals surface area (Å²) in [6.45, 7) is 0.994. The lowest BCUT2D eigenvalue weighted by atomic mass is 9.83. The van der Waals surface area contributed by atoms with E-state index in [0.29, 0.717) is 19.0 Å². The molecule has 1 saturated heterocycles. The van der Waals surface area contributed by atoms with Crippen molar-refractivity contribution >= 4 is 16.1 Å². The molecular weight excluding hydrogens is 366 g/mol. The SMILES string of the molecule is COc1ccc(CCN2C(=O)N(NS(C)(=O)=O)CC2C2CCCCC2)cc1. The van der Waals surface area contributed by atoms with Crippen LogP contribution in [0.25, 0.3) is 0 Å². The number of amides is 2. The number of benzene rings is 1. The van der Waals surface area contributed by atoms with Gasteiger partial charge in [-0.05, 0) is 42.9 Å². The first-order valence-corrected chi connectivity index (χ1v) is 11.4. The van der Waals surface area contributed by atoms with Gasteiger partial charge in [-0.1, -0.05) is 31.4 Å². The molecule has 1 aliphatic heterocycles. The summed E-state index contributed by atoms with van der Waals surface area (Å²) in [5, 5.41) is 1.27. The molecule has 2 aliphatic rings. The van der Waals surface area contributed by atoms with Crippen molar-refractivity contribution in [3.8, 4) is 5.75 Å². The highest BCUT2D eigenvalue weighted by molar-refractivity contribution is 7.88. The highest BCUT2D eigenvalue weighted by Crippen LogP contribution is 2.32. The third-order valence-electron chi connectivity index (χ3n) is 5.52. The van der Waals surface area contributed by atoms with Crippen molar-refractivity contribution in [2.75, 3.05) is 26.5 Å². The Balaban J connectivity index is 1.71. The molecule has 1 aliphatic carbocycles. The quantitative estimate of drug-likeness (QED) is 0.769. The highest BCUT2D eigenvalue weighted by Gasteiger charge is 2.42. The summed E-state index contributed by atoms with van der Waals surface area (Å²) >= 11 is 0. The summed E-state index contributed by atoms with van der Waals surface area (Å²) in [7, 11) is -1.84. The first kappa shape index (κ1) is 19.9. The molecule has 1 saturated carbocycles. The van der Waals surface area contributed by atoms with Crippen LogP contribution in [-0.2, 0) is 16.4 Å². The minimum absolute atomic E-state index is 0.0605. The van der Waals surface area contributed by atoms with Gasteiger partial charge in [-0.15, -0.1) is 4.83 Å². The third kappa shape index (κ3) is 5.13. The Morgan fingerprint density at radius 3 is 2.41 bits per heavy atom. The zero-order chi connectivity index (χ0) is 19.4. The molecule has 2 amide bonds. The Bertz CT molecular complexity index is 745. The summed E-state index contributed by atoms with van der Waals surface area (Å²) in [5.74, 6) is 1.24. The number of rotatable bonds is 7. The van der Waals surface area contributed by atoms with E-state index in [-0.39, 0.29) is 12.1 Å². The number of urea groups is 1. The van der Waals surface area contributed by atoms with E-state index in [2.05, 4.69) is 4.83 Å². The van der Waals surface area contributed by atoms with E-state index in [4.69, 9.17) is 4.74 Å². The number of nitrogens with zero attached hydrogens (tertiary/aromatic N) is 2. The number of carbonyl (C=O) groups excluding carboxylic acids is 1. The van der Waals surface area contributed by atoms with Gasteiger partial charge in [0.05, 0.1) is 26.0 Å². The number of sulfonamides is 1. The van der Waals surface area contributed by atoms with E-state index in [9.17, 15) is 13.2 Å². The number of carbonyl (C=O) groups is 1. The topological polar surface area (TPSA) is 79.0 Å². The largest absolute Gasteiger partial charge is 0.497 e. The number of hydrogen-bond donors (Lipinski definition) is 1. The van der Waals surface area contributed by atoms with E-state index in [1.807, 2.05) is 29.2 Å². The van der Waals surface area contributed by atoms with E-state index < -0.39 is 10.0 Å². The van der Waals surface area contributed by atoms with Gasteiger partial charge in [-0.2, -0.15) is 0 Å². The molecule has 0 aromatic heterocycles. The van der Waals surface area contributed by atoms with Gasteiger partial charge in [0, 0.05) is 6.54 Å². The average molecular weight is 396 g/mol. The van der Waals surface area contributed by atoms with Crippen LogP contribution in [0.1, 0.15) is 37.7 Å². The molecule has 7 nitrogen and oxygen atoms in total. The second kappa shape index (κ2) is 8.48. The lowest BCUT2D eigenvalue weighted by Gasteiger charge is -2.32. The molecule has 2 fully saturated rings. The van der Waals surface area contributed by atoms with Crippen molar-refractivity contribution in [3.63, 3.8) is 0 Å². The fourth-order valence-electron chi connectivity index (χ4n) is 4.16. The van der Waals surface area contributed by atoms with Gasteiger partial charge in [-0.3, -0.25) is 0 Å². The van der Waals surface area contributed by atoms with Crippen LogP contribution in [0.3, 0.4) is 0 Å². The molecule has 1 atom stereocenters. The number of nitrogens with one attached hydrogen (secondary N) is 1. The maximum absolute atomic E-state index is 12.9. The van der Waals surface area contributed by atoms with Crippen molar-refractivity contribution in [1.29, 1.82) is 0 Å². The molecule has 150 valence electrons. The summed E-state index contributed by atoms with van der Waals surface area (Å²) in [4.78, 5) is 17.1. The van der Waals surface area contributed by atoms with Crippen molar-refractivity contribution in [2.45, 2.75) is 44.6 Å². The Morgan fingerprint density at radius 2 is 1.81 bits per heavy atom. The fraction of sp³-hybridized carbons (Fsp3) is 0.632. The molecule has 0 radical (unpaired) electrons. The van der Waals surface area contributed by atoms with Gasteiger partial charge in [0.15, 0.2) is 0 Å². The predicted octanol–water partition coefficient (Wildman–Crippen LogP) is 2.39. The second-order valence-electron chi connectivity index (χ2n) is 7.51. The van der Waals surface area contributed by atoms with Gasteiger partial charge in [0.2, 0.25) is 10.0 Å². The van der Waals surface area contributed by atoms with E-state index >= 15 is 0 Å². The van der Waals surface area contributed by atoms with Crippen LogP contribution >= 0.6 is 0 Å². The zero-order valence-electron chi connectivity index (χ0n) is 16.1. The first-order chi connectivity index (χ1) is 12.9. The normalized spacial score (nSPS) is 21.7. The van der Waals surface area contributed by atoms with Crippen molar-refractivity contribution in [1.82, 2.24) is 14.7 Å². The lowest BCUT2D eigenvalue weighted by molar-refractivity contribution is 0.163. The van der Waals surface area contributed by atoms with Gasteiger partial charge >= 0.3 is 6.03 Å². The molecule has 1 heterocycles. The molecule has 1 N–H and O–H groups in total. The van der Waals surface area contributed by atoms with Crippen LogP contribution in [-0.4, -0.2) is 56.9 Å². The first-order valence-electron chi connectivity index (χ1n) is 9.56. The Hall–Kier alpha value is -1.80. The van der Waals surface area contributed by atoms with Crippen LogP contribution < -0.4 is 9.57 Å². The van der Waals surface area contributed by atoms with Crippen LogP contribution in [0.15, 0.2) is 24.3 Å². The molecule has 0 bridgehead atoms. The van der Waals surface area contributed by atoms with E-state index in [1.54, 1.807) is 7.11 Å². The molecule has 1 aromatic rings. The summed E-state index contributed by atoms with van der Waals surface area (Å²) in [5.41, 5.74) is 1.13. The lowest BCUT2D eigenvalue weighted by Crippen LogP contribution is -2.44. The van der Waals surface area contributed by atoms with Crippen molar-refractivity contribution in [2.24, 2.45) is 5.92 Å². The fourth-order valence-corrected chi connectivity index (χ4v) is 4.72. The smallest absolute Gasteiger partial charge is 0.335 e. The molecular formula is C19H29N3O4S. The summed E-state index contributed by atoms with van der Waals surface area (Å²) < 4.78 is 28.4. The second-order valence-corrected chi connectivity index (χ2v) is 9.24. The van der Waals surface area contributed by atoms with Crippen LogP contribution in [0.5, 0.6) is 5.75 Å². The Kier molecular flexibility index (Phi) is 6.26. The molecule has 0 spiro atoms. The maximum atomic E-state index is 12.9. The number of ether oxygens (including phenoxy) is 1. The number of hydrogen-bond acceptors (Lipinski definition) is 4. The molecule has 3 rings (SSSR count). The van der Waals surface area contributed by atoms with Gasteiger partial charge in [-0.25, -0.2) is 18.2 Å². The van der Waals surface area contributed by atoms with E-state index in [1.165, 1.54) is 24.3 Å². The van der Waals surface area contributed by atoms with Crippen molar-refractivity contribution in [3.05, 3.63) is 29.8 Å². The average Bonchev–Trinajstić information content (AvgIpc) is 2.95. The Labute approximate surface area is 161 Å². The maximum Gasteiger partial charge on any atom is 0.335 e. The molecule has 27 heavy (non-hydrogen) atoms. The van der Waals surface area contributed by atoms with Gasteiger partial charge < -0.3 is 9.64 Å². The minimum Gasteiger partial charge on any atom is -0.497 e. The zero-order valence-corrected chi connectivity index (χ0v) is 16.9. The highest BCUT2D eigenvalue weighted by atomic mass is 32.2. The number of hydrazine groups is 1. The van der Waals surface area contributed by atoms with E-state index in [0.717, 1.165) is 36.8 Å². The van der Waals surface area contributed by atoms with Gasteiger partial charge in [0.25, 0.3) is 0 Å². The van der Waals surface area contributed by atoms with Crippen molar-refractivity contribution < 1.29 is 17.9 Å². The molecule has 1 aromatic carbocycles. The molecule has 1 unspecified atom stereocenters.